The quantitative estimate of drug-likeness (QED) is 0.687. The zero-order valence-electron chi connectivity index (χ0n) is 12.9. The highest BCUT2D eigenvalue weighted by atomic mass is 16.3. The summed E-state index contributed by atoms with van der Waals surface area (Å²) >= 11 is 0. The minimum atomic E-state index is -0.152. The third-order valence-corrected chi connectivity index (χ3v) is 5.17. The molecule has 1 saturated carbocycles. The Kier molecular flexibility index (Phi) is 5.27. The molecule has 2 rings (SSSR count). The normalized spacial score (nSPS) is 37.3. The van der Waals surface area contributed by atoms with Crippen molar-refractivity contribution in [3.63, 3.8) is 0 Å². The summed E-state index contributed by atoms with van der Waals surface area (Å²) < 4.78 is 0. The summed E-state index contributed by atoms with van der Waals surface area (Å²) in [5, 5.41) is 16.8. The van der Waals surface area contributed by atoms with Crippen LogP contribution in [0.15, 0.2) is 0 Å². The highest BCUT2D eigenvalue weighted by molar-refractivity contribution is 4.85. The number of β-amino-alcohol motifs (C(OH)–C–C–N with tert-alkyl or cyclic N) is 1. The minimum absolute atomic E-state index is 0.152. The van der Waals surface area contributed by atoms with Crippen molar-refractivity contribution in [3.05, 3.63) is 0 Å². The minimum Gasteiger partial charge on any atom is -0.391 e. The van der Waals surface area contributed by atoms with Crippen LogP contribution in [0, 0.1) is 17.3 Å². The van der Waals surface area contributed by atoms with Crippen molar-refractivity contribution in [2.75, 3.05) is 19.6 Å². The van der Waals surface area contributed by atoms with E-state index in [4.69, 9.17) is 0 Å². The summed E-state index contributed by atoms with van der Waals surface area (Å²) in [7, 11) is 0. The second kappa shape index (κ2) is 6.55. The van der Waals surface area contributed by atoms with Crippen LogP contribution in [0.4, 0.5) is 0 Å². The second-order valence-electron chi connectivity index (χ2n) is 7.66. The van der Waals surface area contributed by atoms with Crippen LogP contribution in [0.3, 0.4) is 0 Å². The zero-order chi connectivity index (χ0) is 13.9. The van der Waals surface area contributed by atoms with Crippen LogP contribution in [0.2, 0.25) is 0 Å². The number of hydrogen-bond donors (Lipinski definition) is 3. The number of nitrogens with one attached hydrogen (secondary N) is 2. The topological polar surface area (TPSA) is 44.3 Å². The summed E-state index contributed by atoms with van der Waals surface area (Å²) in [5.41, 5.74) is 0.459. The fourth-order valence-electron chi connectivity index (χ4n) is 3.62. The van der Waals surface area contributed by atoms with E-state index in [9.17, 15) is 5.11 Å². The first-order valence-electron chi connectivity index (χ1n) is 8.09. The molecule has 1 aliphatic carbocycles. The molecule has 0 aromatic carbocycles. The van der Waals surface area contributed by atoms with Crippen molar-refractivity contribution in [1.82, 2.24) is 10.6 Å². The van der Waals surface area contributed by atoms with Gasteiger partial charge < -0.3 is 15.7 Å². The Morgan fingerprint density at radius 3 is 2.53 bits per heavy atom. The molecular formula is C16H32N2O. The van der Waals surface area contributed by atoms with Crippen LogP contribution in [-0.4, -0.2) is 36.9 Å². The van der Waals surface area contributed by atoms with E-state index in [0.29, 0.717) is 17.4 Å². The molecule has 112 valence electrons. The summed E-state index contributed by atoms with van der Waals surface area (Å²) in [5.74, 6) is 1.28. The van der Waals surface area contributed by atoms with Crippen LogP contribution in [0.1, 0.15) is 52.9 Å². The van der Waals surface area contributed by atoms with Crippen molar-refractivity contribution >= 4 is 0 Å². The highest BCUT2D eigenvalue weighted by Crippen LogP contribution is 2.36. The van der Waals surface area contributed by atoms with E-state index in [-0.39, 0.29) is 6.10 Å². The molecule has 1 aliphatic heterocycles. The average molecular weight is 268 g/mol. The molecule has 0 radical (unpaired) electrons. The Morgan fingerprint density at radius 2 is 1.89 bits per heavy atom. The Labute approximate surface area is 118 Å². The Bertz CT molecular complexity index is 274. The van der Waals surface area contributed by atoms with Crippen LogP contribution < -0.4 is 10.6 Å². The van der Waals surface area contributed by atoms with Gasteiger partial charge in [0.25, 0.3) is 0 Å². The maximum atomic E-state index is 9.82. The van der Waals surface area contributed by atoms with Gasteiger partial charge in [0.05, 0.1) is 6.10 Å². The van der Waals surface area contributed by atoms with Crippen LogP contribution >= 0.6 is 0 Å². The highest BCUT2D eigenvalue weighted by Gasteiger charge is 2.29. The maximum Gasteiger partial charge on any atom is 0.0716 e. The SMILES string of the molecule is CC(C)(C)C1CCCC(NCC2CNCC2O)CC1. The van der Waals surface area contributed by atoms with Gasteiger partial charge in [0.15, 0.2) is 0 Å². The molecule has 0 amide bonds. The molecule has 3 nitrogen and oxygen atoms in total. The van der Waals surface area contributed by atoms with E-state index in [1.54, 1.807) is 0 Å². The predicted octanol–water partition coefficient (Wildman–Crippen LogP) is 2.15. The Hall–Kier alpha value is -0.120. The third-order valence-electron chi connectivity index (χ3n) is 5.17. The molecule has 3 N–H and O–H groups in total. The van der Waals surface area contributed by atoms with Crippen molar-refractivity contribution in [3.8, 4) is 0 Å². The molecule has 2 fully saturated rings. The van der Waals surface area contributed by atoms with Gasteiger partial charge in [0.1, 0.15) is 0 Å². The molecule has 4 unspecified atom stereocenters. The Morgan fingerprint density at radius 1 is 1.11 bits per heavy atom. The molecule has 1 saturated heterocycles. The van der Waals surface area contributed by atoms with Gasteiger partial charge in [0.2, 0.25) is 0 Å². The number of aliphatic hydroxyl groups excluding tert-OH is 1. The van der Waals surface area contributed by atoms with Crippen molar-refractivity contribution in [1.29, 1.82) is 0 Å². The van der Waals surface area contributed by atoms with Gasteiger partial charge in [-0.1, -0.05) is 27.2 Å². The summed E-state index contributed by atoms with van der Waals surface area (Å²) in [6.45, 7) is 9.84. The van der Waals surface area contributed by atoms with E-state index in [2.05, 4.69) is 31.4 Å². The van der Waals surface area contributed by atoms with Crippen LogP contribution in [-0.2, 0) is 0 Å². The fraction of sp³-hybridized carbons (Fsp3) is 1.00. The van der Waals surface area contributed by atoms with Gasteiger partial charge in [-0.15, -0.1) is 0 Å². The lowest BCUT2D eigenvalue weighted by Crippen LogP contribution is -2.37. The number of hydrogen-bond acceptors (Lipinski definition) is 3. The molecule has 3 heteroatoms. The molecule has 0 spiro atoms. The van der Waals surface area contributed by atoms with Gasteiger partial charge in [0, 0.05) is 31.6 Å². The smallest absolute Gasteiger partial charge is 0.0716 e. The standard InChI is InChI=1S/C16H32N2O/c1-16(2,3)13-5-4-6-14(8-7-13)18-10-12-9-17-11-15(12)19/h12-15,17-19H,4-11H2,1-3H3. The second-order valence-corrected chi connectivity index (χ2v) is 7.66. The van der Waals surface area contributed by atoms with Gasteiger partial charge in [-0.2, -0.15) is 0 Å². The molecule has 0 aromatic rings. The van der Waals surface area contributed by atoms with E-state index in [1.807, 2.05) is 0 Å². The van der Waals surface area contributed by atoms with Gasteiger partial charge >= 0.3 is 0 Å². The molecule has 4 atom stereocenters. The first-order valence-corrected chi connectivity index (χ1v) is 8.09. The molecule has 0 bridgehead atoms. The fourth-order valence-corrected chi connectivity index (χ4v) is 3.62. The molecular weight excluding hydrogens is 236 g/mol. The first-order chi connectivity index (χ1) is 8.97. The average Bonchev–Trinajstić information content (AvgIpc) is 2.61. The van der Waals surface area contributed by atoms with Gasteiger partial charge in [-0.3, -0.25) is 0 Å². The van der Waals surface area contributed by atoms with E-state index < -0.39 is 0 Å². The van der Waals surface area contributed by atoms with Crippen LogP contribution in [0.5, 0.6) is 0 Å². The van der Waals surface area contributed by atoms with E-state index in [1.165, 1.54) is 32.1 Å². The third kappa shape index (κ3) is 4.44. The maximum absolute atomic E-state index is 9.82. The summed E-state index contributed by atoms with van der Waals surface area (Å²) in [4.78, 5) is 0. The lowest BCUT2D eigenvalue weighted by atomic mass is 9.76. The summed E-state index contributed by atoms with van der Waals surface area (Å²) in [6.07, 6.45) is 6.55. The lowest BCUT2D eigenvalue weighted by molar-refractivity contribution is 0.143. The van der Waals surface area contributed by atoms with E-state index >= 15 is 0 Å². The van der Waals surface area contributed by atoms with Crippen molar-refractivity contribution < 1.29 is 5.11 Å². The summed E-state index contributed by atoms with van der Waals surface area (Å²) in [6, 6.07) is 0.667. The molecule has 0 aromatic heterocycles. The molecule has 19 heavy (non-hydrogen) atoms. The Balaban J connectivity index is 1.73. The number of aliphatic hydroxyl groups is 1. The largest absolute Gasteiger partial charge is 0.391 e. The molecule has 2 aliphatic rings. The van der Waals surface area contributed by atoms with Crippen molar-refractivity contribution in [2.45, 2.75) is 65.0 Å². The lowest BCUT2D eigenvalue weighted by Gasteiger charge is -2.29. The number of rotatable bonds is 3. The van der Waals surface area contributed by atoms with Crippen LogP contribution in [0.25, 0.3) is 0 Å². The predicted molar refractivity (Wildman–Crippen MR) is 80.2 cm³/mol. The monoisotopic (exact) mass is 268 g/mol. The van der Waals surface area contributed by atoms with Gasteiger partial charge in [-0.05, 0) is 37.0 Å². The molecule has 1 heterocycles. The van der Waals surface area contributed by atoms with E-state index in [0.717, 1.165) is 25.6 Å². The van der Waals surface area contributed by atoms with Crippen molar-refractivity contribution in [2.24, 2.45) is 17.3 Å². The first kappa shape index (κ1) is 15.3. The zero-order valence-corrected chi connectivity index (χ0v) is 12.9. The van der Waals surface area contributed by atoms with Gasteiger partial charge in [-0.25, -0.2) is 0 Å².